The van der Waals surface area contributed by atoms with Crippen LogP contribution >= 0.6 is 11.8 Å². The number of benzene rings is 2. The van der Waals surface area contributed by atoms with Crippen LogP contribution in [0.1, 0.15) is 11.3 Å². The summed E-state index contributed by atoms with van der Waals surface area (Å²) in [6.45, 7) is 2.49. The molecule has 1 N–H and O–H groups in total. The van der Waals surface area contributed by atoms with Crippen molar-refractivity contribution in [3.05, 3.63) is 103 Å². The maximum absolute atomic E-state index is 12.9. The van der Waals surface area contributed by atoms with Crippen molar-refractivity contribution in [2.24, 2.45) is 0 Å². The maximum Gasteiger partial charge on any atom is 0.235 e. The molecule has 3 aromatic heterocycles. The topological polar surface area (TPSA) is 90.5 Å². The van der Waals surface area contributed by atoms with Gasteiger partial charge in [-0.3, -0.25) is 14.3 Å². The van der Waals surface area contributed by atoms with Crippen molar-refractivity contribution in [3.8, 4) is 17.1 Å². The first kappa shape index (κ1) is 22.5. The molecule has 5 rings (SSSR count). The molecule has 2 aromatic carbocycles. The summed E-state index contributed by atoms with van der Waals surface area (Å²) in [4.78, 5) is 17.1. The van der Waals surface area contributed by atoms with Gasteiger partial charge in [-0.1, -0.05) is 60.3 Å². The molecule has 0 saturated carbocycles. The zero-order chi connectivity index (χ0) is 24.0. The van der Waals surface area contributed by atoms with E-state index in [1.807, 2.05) is 90.4 Å². The maximum atomic E-state index is 12.9. The fourth-order valence-electron chi connectivity index (χ4n) is 3.69. The summed E-state index contributed by atoms with van der Waals surface area (Å²) in [5.74, 6) is 1.36. The molecular weight excluding hydrogens is 458 g/mol. The normalized spacial score (nSPS) is 10.9. The first-order valence-corrected chi connectivity index (χ1v) is 12.1. The predicted molar refractivity (Wildman–Crippen MR) is 136 cm³/mol. The summed E-state index contributed by atoms with van der Waals surface area (Å²) in [7, 11) is 0. The predicted octanol–water partition coefficient (Wildman–Crippen LogP) is 4.61. The second-order valence-corrected chi connectivity index (χ2v) is 8.81. The van der Waals surface area contributed by atoms with Gasteiger partial charge < -0.3 is 5.32 Å². The highest BCUT2D eigenvalue weighted by Crippen LogP contribution is 2.27. The van der Waals surface area contributed by atoms with Gasteiger partial charge in [0.15, 0.2) is 11.0 Å². The van der Waals surface area contributed by atoms with Crippen LogP contribution in [0.25, 0.3) is 17.1 Å². The van der Waals surface area contributed by atoms with Crippen LogP contribution in [-0.2, 0) is 11.3 Å². The molecule has 0 aliphatic rings. The number of amides is 1. The third-order valence-corrected chi connectivity index (χ3v) is 6.17. The molecule has 0 spiro atoms. The number of aromatic nitrogens is 6. The molecule has 9 heteroatoms. The number of aryl methyl sites for hydroxylation is 1. The van der Waals surface area contributed by atoms with Crippen molar-refractivity contribution >= 4 is 23.5 Å². The molecule has 5 aromatic rings. The summed E-state index contributed by atoms with van der Waals surface area (Å²) < 4.78 is 3.75. The molecule has 0 radical (unpaired) electrons. The van der Waals surface area contributed by atoms with Gasteiger partial charge in [0.1, 0.15) is 5.82 Å². The lowest BCUT2D eigenvalue weighted by molar-refractivity contribution is -0.113. The molecule has 8 nitrogen and oxygen atoms in total. The Morgan fingerprint density at radius 2 is 1.74 bits per heavy atom. The van der Waals surface area contributed by atoms with E-state index in [4.69, 9.17) is 0 Å². The quantitative estimate of drug-likeness (QED) is 0.326. The summed E-state index contributed by atoms with van der Waals surface area (Å²) in [6.07, 6.45) is 3.47. The Labute approximate surface area is 207 Å². The Morgan fingerprint density at radius 3 is 2.49 bits per heavy atom. The molecule has 0 aliphatic heterocycles. The Hall–Kier alpha value is -4.24. The van der Waals surface area contributed by atoms with E-state index < -0.39 is 0 Å². The Balaban J connectivity index is 1.33. The zero-order valence-electron chi connectivity index (χ0n) is 19.1. The van der Waals surface area contributed by atoms with Crippen molar-refractivity contribution in [3.63, 3.8) is 0 Å². The minimum Gasteiger partial charge on any atom is -0.310 e. The number of thioether (sulfide) groups is 1. The first-order chi connectivity index (χ1) is 17.2. The van der Waals surface area contributed by atoms with Crippen LogP contribution in [0, 0.1) is 6.92 Å². The Kier molecular flexibility index (Phi) is 6.67. The largest absolute Gasteiger partial charge is 0.310 e. The summed E-state index contributed by atoms with van der Waals surface area (Å²) in [5, 5.41) is 16.9. The van der Waals surface area contributed by atoms with Gasteiger partial charge in [-0.05, 0) is 36.8 Å². The number of nitrogens with zero attached hydrogens (tertiary/aromatic N) is 6. The molecule has 0 bridgehead atoms. The van der Waals surface area contributed by atoms with Crippen molar-refractivity contribution in [2.45, 2.75) is 18.6 Å². The molecule has 0 saturated heterocycles. The lowest BCUT2D eigenvalue weighted by Crippen LogP contribution is -2.18. The van der Waals surface area contributed by atoms with Crippen molar-refractivity contribution < 1.29 is 4.79 Å². The SMILES string of the molecule is Cc1cc(NC(=O)CSc2nnc(-c3cccnc3)n2-c2ccccc2)n(Cc2ccccc2)n1. The van der Waals surface area contributed by atoms with Crippen LogP contribution in [0.2, 0.25) is 0 Å². The van der Waals surface area contributed by atoms with E-state index in [0.29, 0.717) is 23.3 Å². The van der Waals surface area contributed by atoms with Gasteiger partial charge in [-0.2, -0.15) is 5.10 Å². The lowest BCUT2D eigenvalue weighted by Gasteiger charge is -2.11. The van der Waals surface area contributed by atoms with E-state index >= 15 is 0 Å². The van der Waals surface area contributed by atoms with Gasteiger partial charge in [-0.15, -0.1) is 10.2 Å². The summed E-state index contributed by atoms with van der Waals surface area (Å²) in [6, 6.07) is 25.5. The van der Waals surface area contributed by atoms with Gasteiger partial charge in [0.2, 0.25) is 5.91 Å². The van der Waals surface area contributed by atoms with E-state index in [1.54, 1.807) is 17.1 Å². The van der Waals surface area contributed by atoms with Crippen LogP contribution in [0.3, 0.4) is 0 Å². The van der Waals surface area contributed by atoms with Crippen LogP contribution in [-0.4, -0.2) is 41.2 Å². The minimum atomic E-state index is -0.144. The molecule has 0 atom stereocenters. The third kappa shape index (κ3) is 5.30. The van der Waals surface area contributed by atoms with E-state index in [9.17, 15) is 4.79 Å². The molecule has 0 aliphatic carbocycles. The highest BCUT2D eigenvalue weighted by Gasteiger charge is 2.18. The van der Waals surface area contributed by atoms with Gasteiger partial charge >= 0.3 is 0 Å². The average molecular weight is 482 g/mol. The number of hydrogen-bond donors (Lipinski definition) is 1. The van der Waals surface area contributed by atoms with Crippen LogP contribution in [0.4, 0.5) is 5.82 Å². The van der Waals surface area contributed by atoms with Gasteiger partial charge in [0.05, 0.1) is 18.0 Å². The number of pyridine rings is 1. The monoisotopic (exact) mass is 481 g/mol. The Morgan fingerprint density at radius 1 is 0.971 bits per heavy atom. The average Bonchev–Trinajstić information content (AvgIpc) is 3.47. The number of rotatable bonds is 8. The Bertz CT molecular complexity index is 1420. The summed E-state index contributed by atoms with van der Waals surface area (Å²) >= 11 is 1.33. The number of carbonyl (C=O) groups is 1. The van der Waals surface area contributed by atoms with Crippen LogP contribution in [0.15, 0.2) is 96.4 Å². The highest BCUT2D eigenvalue weighted by atomic mass is 32.2. The van der Waals surface area contributed by atoms with Crippen LogP contribution < -0.4 is 5.32 Å². The van der Waals surface area contributed by atoms with E-state index in [0.717, 1.165) is 22.5 Å². The number of nitrogens with one attached hydrogen (secondary N) is 1. The standard InChI is InChI=1S/C26H23N7OS/c1-19-15-23(32(31-19)17-20-9-4-2-5-10-20)28-24(34)18-35-26-30-29-25(21-11-8-14-27-16-21)33(26)22-12-6-3-7-13-22/h2-16H,17-18H2,1H3,(H,28,34). The fraction of sp³-hybridized carbons (Fsp3) is 0.115. The molecule has 174 valence electrons. The molecule has 35 heavy (non-hydrogen) atoms. The summed E-state index contributed by atoms with van der Waals surface area (Å²) in [5.41, 5.74) is 3.71. The second kappa shape index (κ2) is 10.4. The zero-order valence-corrected chi connectivity index (χ0v) is 19.9. The molecular formula is C26H23N7OS. The number of carbonyl (C=O) groups excluding carboxylic acids is 1. The molecule has 3 heterocycles. The third-order valence-electron chi connectivity index (χ3n) is 5.24. The smallest absolute Gasteiger partial charge is 0.235 e. The number of anilines is 1. The second-order valence-electron chi connectivity index (χ2n) is 7.87. The number of para-hydroxylation sites is 1. The van der Waals surface area contributed by atoms with E-state index in [1.165, 1.54) is 11.8 Å². The van der Waals surface area contributed by atoms with E-state index in [-0.39, 0.29) is 11.7 Å². The van der Waals surface area contributed by atoms with E-state index in [2.05, 4.69) is 25.6 Å². The lowest BCUT2D eigenvalue weighted by atomic mass is 10.2. The van der Waals surface area contributed by atoms with Gasteiger partial charge in [0.25, 0.3) is 0 Å². The minimum absolute atomic E-state index is 0.144. The molecule has 1 amide bonds. The number of hydrogen-bond acceptors (Lipinski definition) is 6. The van der Waals surface area contributed by atoms with Gasteiger partial charge in [0, 0.05) is 29.7 Å². The highest BCUT2D eigenvalue weighted by molar-refractivity contribution is 7.99. The van der Waals surface area contributed by atoms with Gasteiger partial charge in [-0.25, -0.2) is 4.68 Å². The van der Waals surface area contributed by atoms with Crippen LogP contribution in [0.5, 0.6) is 0 Å². The first-order valence-electron chi connectivity index (χ1n) is 11.1. The molecule has 0 fully saturated rings. The van der Waals surface area contributed by atoms with Crippen molar-refractivity contribution in [1.82, 2.24) is 29.5 Å². The fourth-order valence-corrected chi connectivity index (χ4v) is 4.44. The van der Waals surface area contributed by atoms with Crippen molar-refractivity contribution in [2.75, 3.05) is 11.1 Å². The molecule has 0 unspecified atom stereocenters. The van der Waals surface area contributed by atoms with Crippen molar-refractivity contribution in [1.29, 1.82) is 0 Å².